The maximum atomic E-state index is 12.7. The fourth-order valence-corrected chi connectivity index (χ4v) is 2.47. The van der Waals surface area contributed by atoms with Gasteiger partial charge in [-0.3, -0.25) is 4.90 Å². The number of likely N-dealkylation sites (tertiary alicyclic amines) is 1. The molecule has 0 amide bonds. The molecular weight excluding hydrogens is 241 g/mol. The summed E-state index contributed by atoms with van der Waals surface area (Å²) in [5.74, 6) is 0. The molecule has 2 N–H and O–H groups in total. The van der Waals surface area contributed by atoms with Crippen LogP contribution in [0.25, 0.3) is 0 Å². The molecular formula is C13H17F3N2. The molecule has 1 unspecified atom stereocenters. The molecule has 0 radical (unpaired) electrons. The Bertz CT molecular complexity index is 397. The van der Waals surface area contributed by atoms with Gasteiger partial charge >= 0.3 is 6.18 Å². The Morgan fingerprint density at radius 3 is 2.44 bits per heavy atom. The fourth-order valence-electron chi connectivity index (χ4n) is 2.47. The van der Waals surface area contributed by atoms with E-state index in [0.717, 1.165) is 32.0 Å². The van der Waals surface area contributed by atoms with Crippen molar-refractivity contribution in [3.63, 3.8) is 0 Å². The zero-order valence-corrected chi connectivity index (χ0v) is 10.1. The zero-order chi connectivity index (χ0) is 13.2. The van der Waals surface area contributed by atoms with Gasteiger partial charge in [0.1, 0.15) is 0 Å². The largest absolute Gasteiger partial charge is 0.416 e. The molecule has 0 aliphatic carbocycles. The van der Waals surface area contributed by atoms with Gasteiger partial charge in [0.2, 0.25) is 0 Å². The van der Waals surface area contributed by atoms with Gasteiger partial charge in [-0.2, -0.15) is 13.2 Å². The van der Waals surface area contributed by atoms with Crippen molar-refractivity contribution < 1.29 is 13.2 Å². The Hall–Kier alpha value is -1.07. The summed E-state index contributed by atoms with van der Waals surface area (Å²) in [4.78, 5) is 2.16. The summed E-state index contributed by atoms with van der Waals surface area (Å²) in [6.45, 7) is 2.18. The highest BCUT2D eigenvalue weighted by atomic mass is 19.4. The standard InChI is InChI=1S/C13H17F3N2/c14-13(15,16)11-5-3-4-10(8-11)12(9-17)18-6-1-2-7-18/h3-5,8,12H,1-2,6-7,9,17H2. The van der Waals surface area contributed by atoms with Crippen molar-refractivity contribution in [2.75, 3.05) is 19.6 Å². The number of hydrogen-bond acceptors (Lipinski definition) is 2. The lowest BCUT2D eigenvalue weighted by Gasteiger charge is -2.27. The first kappa shape index (κ1) is 13.4. The van der Waals surface area contributed by atoms with E-state index in [1.54, 1.807) is 6.07 Å². The highest BCUT2D eigenvalue weighted by Gasteiger charge is 2.31. The van der Waals surface area contributed by atoms with E-state index in [1.165, 1.54) is 12.1 Å². The van der Waals surface area contributed by atoms with Crippen LogP contribution in [0.1, 0.15) is 30.0 Å². The van der Waals surface area contributed by atoms with Gasteiger partial charge < -0.3 is 5.73 Å². The topological polar surface area (TPSA) is 29.3 Å². The van der Waals surface area contributed by atoms with Crippen molar-refractivity contribution in [2.24, 2.45) is 5.73 Å². The van der Waals surface area contributed by atoms with Gasteiger partial charge in [0.25, 0.3) is 0 Å². The van der Waals surface area contributed by atoms with Crippen LogP contribution in [0, 0.1) is 0 Å². The van der Waals surface area contributed by atoms with Crippen LogP contribution in [0.15, 0.2) is 24.3 Å². The summed E-state index contributed by atoms with van der Waals surface area (Å²) in [5.41, 5.74) is 5.78. The molecule has 1 aromatic carbocycles. The number of nitrogens with zero attached hydrogens (tertiary/aromatic N) is 1. The van der Waals surface area contributed by atoms with E-state index in [4.69, 9.17) is 5.73 Å². The average molecular weight is 258 g/mol. The molecule has 2 nitrogen and oxygen atoms in total. The van der Waals surface area contributed by atoms with Crippen LogP contribution >= 0.6 is 0 Å². The van der Waals surface area contributed by atoms with Gasteiger partial charge in [-0.15, -0.1) is 0 Å². The number of rotatable bonds is 3. The summed E-state index contributed by atoms with van der Waals surface area (Å²) in [6, 6.07) is 5.40. The van der Waals surface area contributed by atoms with Gasteiger partial charge in [-0.05, 0) is 43.6 Å². The molecule has 0 bridgehead atoms. The van der Waals surface area contributed by atoms with Gasteiger partial charge in [-0.25, -0.2) is 0 Å². The molecule has 1 heterocycles. The molecule has 18 heavy (non-hydrogen) atoms. The molecule has 1 saturated heterocycles. The molecule has 1 aromatic rings. The monoisotopic (exact) mass is 258 g/mol. The molecule has 0 aromatic heterocycles. The molecule has 5 heteroatoms. The molecule has 100 valence electrons. The van der Waals surface area contributed by atoms with E-state index in [0.29, 0.717) is 12.1 Å². The number of nitrogens with two attached hydrogens (primary N) is 1. The summed E-state index contributed by atoms with van der Waals surface area (Å²) >= 11 is 0. The summed E-state index contributed by atoms with van der Waals surface area (Å²) in [5, 5.41) is 0. The van der Waals surface area contributed by atoms with Crippen LogP contribution < -0.4 is 5.73 Å². The highest BCUT2D eigenvalue weighted by molar-refractivity contribution is 5.28. The third-order valence-corrected chi connectivity index (χ3v) is 3.40. The maximum Gasteiger partial charge on any atom is 0.416 e. The normalized spacial score (nSPS) is 19.1. The van der Waals surface area contributed by atoms with Crippen LogP contribution in [0.4, 0.5) is 13.2 Å². The minimum absolute atomic E-state index is 0.102. The van der Waals surface area contributed by atoms with Crippen LogP contribution in [-0.2, 0) is 6.18 Å². The van der Waals surface area contributed by atoms with E-state index < -0.39 is 11.7 Å². The summed E-state index contributed by atoms with van der Waals surface area (Å²) in [6.07, 6.45) is -2.11. The summed E-state index contributed by atoms with van der Waals surface area (Å²) < 4.78 is 38.0. The number of benzene rings is 1. The molecule has 1 fully saturated rings. The van der Waals surface area contributed by atoms with Crippen LogP contribution in [0.2, 0.25) is 0 Å². The lowest BCUT2D eigenvalue weighted by atomic mass is 10.0. The Morgan fingerprint density at radius 1 is 1.22 bits per heavy atom. The van der Waals surface area contributed by atoms with Crippen molar-refractivity contribution in [3.05, 3.63) is 35.4 Å². The van der Waals surface area contributed by atoms with E-state index in [1.807, 2.05) is 0 Å². The average Bonchev–Trinajstić information content (AvgIpc) is 2.83. The van der Waals surface area contributed by atoms with Crippen LogP contribution in [0.5, 0.6) is 0 Å². The fraction of sp³-hybridized carbons (Fsp3) is 0.538. The lowest BCUT2D eigenvalue weighted by Crippen LogP contribution is -2.31. The van der Waals surface area contributed by atoms with Crippen molar-refractivity contribution >= 4 is 0 Å². The van der Waals surface area contributed by atoms with Gasteiger partial charge in [0.15, 0.2) is 0 Å². The van der Waals surface area contributed by atoms with E-state index in [2.05, 4.69) is 4.90 Å². The predicted octanol–water partition coefficient (Wildman–Crippen LogP) is 2.80. The van der Waals surface area contributed by atoms with Crippen LogP contribution in [0.3, 0.4) is 0 Å². The Labute approximate surface area is 105 Å². The Balaban J connectivity index is 2.25. The van der Waals surface area contributed by atoms with E-state index in [-0.39, 0.29) is 6.04 Å². The van der Waals surface area contributed by atoms with E-state index >= 15 is 0 Å². The first-order chi connectivity index (χ1) is 8.52. The third-order valence-electron chi connectivity index (χ3n) is 3.40. The first-order valence-corrected chi connectivity index (χ1v) is 6.13. The Kier molecular flexibility index (Phi) is 3.92. The third kappa shape index (κ3) is 2.84. The zero-order valence-electron chi connectivity index (χ0n) is 10.1. The first-order valence-electron chi connectivity index (χ1n) is 6.13. The quantitative estimate of drug-likeness (QED) is 0.903. The van der Waals surface area contributed by atoms with Crippen molar-refractivity contribution in [1.82, 2.24) is 4.90 Å². The smallest absolute Gasteiger partial charge is 0.329 e. The molecule has 1 atom stereocenters. The predicted molar refractivity (Wildman–Crippen MR) is 64.0 cm³/mol. The molecule has 1 aliphatic heterocycles. The minimum atomic E-state index is -4.29. The molecule has 2 rings (SSSR count). The van der Waals surface area contributed by atoms with Gasteiger partial charge in [0.05, 0.1) is 5.56 Å². The molecule has 0 saturated carbocycles. The number of alkyl halides is 3. The Morgan fingerprint density at radius 2 is 1.89 bits per heavy atom. The van der Waals surface area contributed by atoms with E-state index in [9.17, 15) is 13.2 Å². The number of halogens is 3. The number of hydrogen-bond donors (Lipinski definition) is 1. The maximum absolute atomic E-state index is 12.7. The van der Waals surface area contributed by atoms with Crippen molar-refractivity contribution in [2.45, 2.75) is 25.1 Å². The van der Waals surface area contributed by atoms with Gasteiger partial charge in [-0.1, -0.05) is 12.1 Å². The lowest BCUT2D eigenvalue weighted by molar-refractivity contribution is -0.137. The SMILES string of the molecule is NCC(c1cccc(C(F)(F)F)c1)N1CCCC1. The molecule has 1 aliphatic rings. The minimum Gasteiger partial charge on any atom is -0.329 e. The molecule has 0 spiro atoms. The second kappa shape index (κ2) is 5.28. The second-order valence-electron chi connectivity index (χ2n) is 4.62. The van der Waals surface area contributed by atoms with Crippen molar-refractivity contribution in [3.8, 4) is 0 Å². The second-order valence-corrected chi connectivity index (χ2v) is 4.62. The van der Waals surface area contributed by atoms with Crippen molar-refractivity contribution in [1.29, 1.82) is 0 Å². The van der Waals surface area contributed by atoms with Gasteiger partial charge in [0, 0.05) is 12.6 Å². The highest BCUT2D eigenvalue weighted by Crippen LogP contribution is 2.32. The van der Waals surface area contributed by atoms with Crippen LogP contribution in [-0.4, -0.2) is 24.5 Å². The summed E-state index contributed by atoms with van der Waals surface area (Å²) in [7, 11) is 0.